The van der Waals surface area contributed by atoms with Gasteiger partial charge >= 0.3 is 0 Å². The largest absolute Gasteiger partial charge is 0.131 e. The number of allylic oxidation sites excluding steroid dienone is 1. The Bertz CT molecular complexity index is 170. The highest BCUT2D eigenvalue weighted by molar-refractivity contribution is 8.92. The third-order valence-electron chi connectivity index (χ3n) is 1.22. The van der Waals surface area contributed by atoms with E-state index in [-0.39, 0.29) is 0 Å². The van der Waals surface area contributed by atoms with Gasteiger partial charge in [0.05, 0.1) is 4.44 Å². The van der Waals surface area contributed by atoms with Gasteiger partial charge in [-0.1, -0.05) is 24.3 Å². The molecule has 0 nitrogen and oxygen atoms in total. The fraction of sp³-hybridized carbons (Fsp3) is 0.667. The summed E-state index contributed by atoms with van der Waals surface area (Å²) in [5, 5.41) is 0. The van der Waals surface area contributed by atoms with Gasteiger partial charge in [-0.3, -0.25) is 0 Å². The fourth-order valence-electron chi connectivity index (χ4n) is 0.623. The second kappa shape index (κ2) is 4.20. The van der Waals surface area contributed by atoms with Gasteiger partial charge in [-0.25, -0.2) is 0 Å². The first-order valence-corrected chi connectivity index (χ1v) is 8.21. The number of rotatable bonds is 3. The van der Waals surface area contributed by atoms with Crippen LogP contribution in [-0.4, -0.2) is 5.66 Å². The molecule has 10 heavy (non-hydrogen) atoms. The van der Waals surface area contributed by atoms with Crippen LogP contribution in [0.5, 0.6) is 0 Å². The summed E-state index contributed by atoms with van der Waals surface area (Å²) in [6, 6.07) is 0. The van der Waals surface area contributed by atoms with E-state index in [2.05, 4.69) is 38.0 Å². The summed E-state index contributed by atoms with van der Waals surface area (Å²) in [6.45, 7) is 7.89. The predicted octanol–water partition coefficient (Wildman–Crippen LogP) is 3.51. The van der Waals surface area contributed by atoms with Crippen molar-refractivity contribution in [1.29, 1.82) is 0 Å². The molecule has 0 aromatic heterocycles. The van der Waals surface area contributed by atoms with E-state index >= 15 is 0 Å². The summed E-state index contributed by atoms with van der Waals surface area (Å²) in [5.74, 6) is 0. The molecule has 60 valence electrons. The van der Waals surface area contributed by atoms with Crippen molar-refractivity contribution in [2.24, 2.45) is 0 Å². The molecular weight excluding hydrogens is 199 g/mol. The Morgan fingerprint density at radius 3 is 2.20 bits per heavy atom. The molecule has 0 aromatic rings. The Labute approximate surface area is 78.8 Å². The monoisotopic (exact) mass is 212 g/mol. The van der Waals surface area contributed by atoms with Gasteiger partial charge in [0.25, 0.3) is 0 Å². The Balaban J connectivity index is 3.98. The van der Waals surface area contributed by atoms with E-state index in [1.807, 2.05) is 6.92 Å². The van der Waals surface area contributed by atoms with Crippen LogP contribution in [0.15, 0.2) is 12.2 Å². The molecule has 0 aliphatic carbocycles. The van der Waals surface area contributed by atoms with Crippen molar-refractivity contribution in [2.45, 2.75) is 25.9 Å². The van der Waals surface area contributed by atoms with Crippen LogP contribution in [0, 0.1) is 0 Å². The van der Waals surface area contributed by atoms with Crippen molar-refractivity contribution in [3.05, 3.63) is 12.2 Å². The average molecular weight is 212 g/mol. The number of thiol groups is 2. The van der Waals surface area contributed by atoms with Crippen molar-refractivity contribution in [3.8, 4) is 0 Å². The molecule has 0 aliphatic heterocycles. The molecule has 0 saturated heterocycles. The van der Waals surface area contributed by atoms with E-state index in [9.17, 15) is 0 Å². The Morgan fingerprint density at radius 1 is 1.70 bits per heavy atom. The molecule has 0 fully saturated rings. The molecule has 0 amide bonds. The molecule has 4 heteroatoms. The van der Waals surface area contributed by atoms with Crippen molar-refractivity contribution in [3.63, 3.8) is 0 Å². The van der Waals surface area contributed by atoms with Gasteiger partial charge in [-0.15, -0.1) is 31.1 Å². The standard InChI is InChI=1S/C6H13PS3/c1-5(2)4-6(3)7(8,9)10/h6H,1,4H2,2-3H3,(H2,8,9,10)/t6-/m0/s1. The van der Waals surface area contributed by atoms with Crippen LogP contribution < -0.4 is 0 Å². The van der Waals surface area contributed by atoms with Crippen molar-refractivity contribution >= 4 is 40.7 Å². The summed E-state index contributed by atoms with van der Waals surface area (Å²) < 4.78 is -1.65. The SMILES string of the molecule is C=C(C)C[C@H](C)P(=S)(S)S. The first-order chi connectivity index (χ1) is 4.34. The third kappa shape index (κ3) is 4.84. The van der Waals surface area contributed by atoms with E-state index < -0.39 is 4.44 Å². The van der Waals surface area contributed by atoms with E-state index in [1.54, 1.807) is 0 Å². The molecule has 1 atom stereocenters. The quantitative estimate of drug-likeness (QED) is 0.410. The smallest absolute Gasteiger partial charge is 0.0543 e. The predicted molar refractivity (Wildman–Crippen MR) is 61.2 cm³/mol. The Morgan fingerprint density at radius 2 is 2.10 bits per heavy atom. The lowest BCUT2D eigenvalue weighted by atomic mass is 10.2. The molecule has 0 spiro atoms. The van der Waals surface area contributed by atoms with E-state index in [0.29, 0.717) is 5.66 Å². The van der Waals surface area contributed by atoms with Gasteiger partial charge in [0.2, 0.25) is 0 Å². The van der Waals surface area contributed by atoms with E-state index in [1.165, 1.54) is 0 Å². The molecule has 0 rings (SSSR count). The first-order valence-electron chi connectivity index (χ1n) is 3.03. The van der Waals surface area contributed by atoms with E-state index in [4.69, 9.17) is 11.8 Å². The highest BCUT2D eigenvalue weighted by atomic mass is 33.2. The topological polar surface area (TPSA) is 0 Å². The minimum atomic E-state index is -1.65. The van der Waals surface area contributed by atoms with Gasteiger partial charge < -0.3 is 0 Å². The second-order valence-electron chi connectivity index (χ2n) is 2.60. The average Bonchev–Trinajstić information content (AvgIpc) is 1.60. The number of hydrogen-bond acceptors (Lipinski definition) is 1. The Kier molecular flexibility index (Phi) is 4.66. The maximum Gasteiger partial charge on any atom is 0.0543 e. The molecule has 0 bridgehead atoms. The normalized spacial score (nSPS) is 14.8. The van der Waals surface area contributed by atoms with Crippen LogP contribution in [-0.2, 0) is 11.8 Å². The molecule has 0 N–H and O–H groups in total. The lowest BCUT2D eigenvalue weighted by molar-refractivity contribution is 0.928. The zero-order chi connectivity index (χ0) is 8.36. The molecule has 0 radical (unpaired) electrons. The second-order valence-corrected chi connectivity index (χ2v) is 12.7. The van der Waals surface area contributed by atoms with Crippen LogP contribution in [0.1, 0.15) is 20.3 Å². The number of hydrogen-bond donors (Lipinski definition) is 2. The summed E-state index contributed by atoms with van der Waals surface area (Å²) in [4.78, 5) is 0. The summed E-state index contributed by atoms with van der Waals surface area (Å²) in [5.41, 5.74) is 1.55. The van der Waals surface area contributed by atoms with Crippen LogP contribution in [0.4, 0.5) is 0 Å². The van der Waals surface area contributed by atoms with Crippen molar-refractivity contribution in [2.75, 3.05) is 0 Å². The van der Waals surface area contributed by atoms with Gasteiger partial charge in [0, 0.05) is 5.66 Å². The van der Waals surface area contributed by atoms with Crippen LogP contribution in [0.2, 0.25) is 0 Å². The third-order valence-corrected chi connectivity index (χ3v) is 5.99. The van der Waals surface area contributed by atoms with Crippen molar-refractivity contribution in [1.82, 2.24) is 0 Å². The maximum atomic E-state index is 5.12. The van der Waals surface area contributed by atoms with Gasteiger partial charge in [-0.2, -0.15) is 0 Å². The minimum Gasteiger partial charge on any atom is -0.131 e. The molecule has 0 saturated carbocycles. The highest BCUT2D eigenvalue weighted by Crippen LogP contribution is 2.61. The van der Waals surface area contributed by atoms with Crippen LogP contribution >= 0.6 is 28.9 Å². The lowest BCUT2D eigenvalue weighted by Gasteiger charge is -2.17. The zero-order valence-corrected chi connectivity index (χ0v) is 9.74. The van der Waals surface area contributed by atoms with Crippen LogP contribution in [0.25, 0.3) is 0 Å². The molecule has 0 aromatic carbocycles. The summed E-state index contributed by atoms with van der Waals surface area (Å²) in [7, 11) is 0. The zero-order valence-electron chi connectivity index (χ0n) is 6.24. The highest BCUT2D eigenvalue weighted by Gasteiger charge is 2.15. The van der Waals surface area contributed by atoms with Gasteiger partial charge in [0.1, 0.15) is 0 Å². The minimum absolute atomic E-state index is 0.395. The summed E-state index contributed by atoms with van der Waals surface area (Å²) in [6.07, 6.45) is 0.949. The summed E-state index contributed by atoms with van der Waals surface area (Å²) >= 11 is 13.7. The van der Waals surface area contributed by atoms with Gasteiger partial charge in [-0.05, 0) is 13.3 Å². The van der Waals surface area contributed by atoms with E-state index in [0.717, 1.165) is 12.0 Å². The lowest BCUT2D eigenvalue weighted by Crippen LogP contribution is -1.96. The fourth-order valence-corrected chi connectivity index (χ4v) is 1.89. The molecular formula is C6H13PS3. The van der Waals surface area contributed by atoms with Gasteiger partial charge in [0.15, 0.2) is 0 Å². The maximum absolute atomic E-state index is 5.12. The Hall–Kier alpha value is 1.09. The van der Waals surface area contributed by atoms with Crippen LogP contribution in [0.3, 0.4) is 0 Å². The molecule has 0 heterocycles. The van der Waals surface area contributed by atoms with Crippen molar-refractivity contribution < 1.29 is 0 Å². The molecule has 0 aliphatic rings. The first kappa shape index (κ1) is 11.1. The molecule has 0 unspecified atom stereocenters.